The van der Waals surface area contributed by atoms with E-state index in [1.54, 1.807) is 6.07 Å². The first-order chi connectivity index (χ1) is 10.1. The van der Waals surface area contributed by atoms with Gasteiger partial charge in [-0.3, -0.25) is 0 Å². The van der Waals surface area contributed by atoms with E-state index in [9.17, 15) is 0 Å². The molecule has 0 aromatic heterocycles. The maximum absolute atomic E-state index is 6.37. The van der Waals surface area contributed by atoms with Gasteiger partial charge in [-0.15, -0.1) is 0 Å². The Morgan fingerprint density at radius 1 is 1.24 bits per heavy atom. The number of hydrogen-bond acceptors (Lipinski definition) is 2. The van der Waals surface area contributed by atoms with Crippen LogP contribution in [0.3, 0.4) is 0 Å². The topological polar surface area (TPSA) is 35.2 Å². The molecule has 1 aliphatic rings. The Morgan fingerprint density at radius 3 is 2.81 bits per heavy atom. The van der Waals surface area contributed by atoms with E-state index in [0.717, 1.165) is 29.7 Å². The summed E-state index contributed by atoms with van der Waals surface area (Å²) >= 11 is 12.5. The number of fused-ring (bicyclic) bond motifs is 1. The summed E-state index contributed by atoms with van der Waals surface area (Å²) in [7, 11) is 0. The summed E-state index contributed by atoms with van der Waals surface area (Å²) in [6.45, 7) is 2.71. The highest BCUT2D eigenvalue weighted by molar-refractivity contribution is 6.43. The van der Waals surface area contributed by atoms with Crippen LogP contribution in [-0.4, -0.2) is 12.6 Å². The fourth-order valence-electron chi connectivity index (χ4n) is 2.85. The second-order valence-corrected chi connectivity index (χ2v) is 6.21. The van der Waals surface area contributed by atoms with Gasteiger partial charge in [0.05, 0.1) is 10.0 Å². The largest absolute Gasteiger partial charge is 0.489 e. The monoisotopic (exact) mass is 321 g/mol. The summed E-state index contributed by atoms with van der Waals surface area (Å²) in [6.07, 6.45) is 1.92. The number of ether oxygens (including phenoxy) is 1. The number of hydrogen-bond donors (Lipinski definition) is 1. The predicted octanol–water partition coefficient (Wildman–Crippen LogP) is 4.62. The van der Waals surface area contributed by atoms with Crippen molar-refractivity contribution in [3.8, 4) is 16.9 Å². The number of rotatable bonds is 3. The van der Waals surface area contributed by atoms with Gasteiger partial charge in [0.15, 0.2) is 0 Å². The molecule has 1 unspecified atom stereocenters. The summed E-state index contributed by atoms with van der Waals surface area (Å²) < 4.78 is 6.10. The fourth-order valence-corrected chi connectivity index (χ4v) is 3.25. The zero-order valence-corrected chi connectivity index (χ0v) is 13.3. The number of aryl methyl sites for hydroxylation is 1. The predicted molar refractivity (Wildman–Crippen MR) is 88.4 cm³/mol. The molecule has 3 rings (SSSR count). The minimum absolute atomic E-state index is 0.156. The number of halogens is 2. The zero-order valence-electron chi connectivity index (χ0n) is 11.8. The first-order valence-electron chi connectivity index (χ1n) is 7.04. The Bertz CT molecular complexity index is 685. The van der Waals surface area contributed by atoms with Gasteiger partial charge in [0.25, 0.3) is 0 Å². The third-order valence-electron chi connectivity index (χ3n) is 3.77. The van der Waals surface area contributed by atoms with Crippen molar-refractivity contribution in [2.75, 3.05) is 6.54 Å². The van der Waals surface area contributed by atoms with Crippen LogP contribution >= 0.6 is 23.2 Å². The van der Waals surface area contributed by atoms with Crippen LogP contribution < -0.4 is 10.5 Å². The summed E-state index contributed by atoms with van der Waals surface area (Å²) in [5, 5.41) is 1.12. The van der Waals surface area contributed by atoms with Gasteiger partial charge in [0.1, 0.15) is 11.9 Å². The van der Waals surface area contributed by atoms with Crippen LogP contribution in [0.4, 0.5) is 0 Å². The molecule has 0 bridgehead atoms. The van der Waals surface area contributed by atoms with Crippen LogP contribution in [0, 0.1) is 6.92 Å². The Balaban J connectivity index is 2.11. The maximum Gasteiger partial charge on any atom is 0.130 e. The van der Waals surface area contributed by atoms with E-state index in [2.05, 4.69) is 19.1 Å². The van der Waals surface area contributed by atoms with Crippen LogP contribution in [0.5, 0.6) is 5.75 Å². The molecule has 110 valence electrons. The highest BCUT2D eigenvalue weighted by Gasteiger charge is 2.26. The molecule has 0 amide bonds. The molecule has 21 heavy (non-hydrogen) atoms. The van der Waals surface area contributed by atoms with Crippen LogP contribution in [0.25, 0.3) is 11.1 Å². The van der Waals surface area contributed by atoms with Gasteiger partial charge in [0, 0.05) is 17.5 Å². The number of nitrogens with two attached hydrogens (primary N) is 1. The molecule has 1 aliphatic heterocycles. The lowest BCUT2D eigenvalue weighted by Gasteiger charge is -2.14. The van der Waals surface area contributed by atoms with Crippen molar-refractivity contribution < 1.29 is 4.74 Å². The standard InChI is InChI=1S/C17H17Cl2NO/c1-10-7-11-9-12(5-6-20)21-17(11)14(8-10)13-3-2-4-15(18)16(13)19/h2-4,7-8,12H,5-6,9,20H2,1H3. The summed E-state index contributed by atoms with van der Waals surface area (Å²) in [4.78, 5) is 0. The van der Waals surface area contributed by atoms with Crippen LogP contribution in [0.15, 0.2) is 30.3 Å². The third-order valence-corrected chi connectivity index (χ3v) is 4.59. The molecule has 0 radical (unpaired) electrons. The van der Waals surface area contributed by atoms with Crippen molar-refractivity contribution in [2.24, 2.45) is 5.73 Å². The van der Waals surface area contributed by atoms with Crippen molar-refractivity contribution in [1.82, 2.24) is 0 Å². The van der Waals surface area contributed by atoms with Crippen molar-refractivity contribution in [3.05, 3.63) is 51.5 Å². The average molecular weight is 322 g/mol. The molecule has 4 heteroatoms. The van der Waals surface area contributed by atoms with E-state index in [4.69, 9.17) is 33.7 Å². The average Bonchev–Trinajstić information content (AvgIpc) is 2.84. The van der Waals surface area contributed by atoms with Gasteiger partial charge in [-0.05, 0) is 43.1 Å². The van der Waals surface area contributed by atoms with E-state index in [1.807, 2.05) is 12.1 Å². The lowest BCUT2D eigenvalue weighted by Crippen LogP contribution is -2.17. The molecule has 2 nitrogen and oxygen atoms in total. The molecule has 0 saturated heterocycles. The van der Waals surface area contributed by atoms with Gasteiger partial charge >= 0.3 is 0 Å². The third kappa shape index (κ3) is 2.76. The minimum Gasteiger partial charge on any atom is -0.489 e. The van der Waals surface area contributed by atoms with E-state index in [0.29, 0.717) is 16.6 Å². The van der Waals surface area contributed by atoms with Crippen LogP contribution in [0.2, 0.25) is 10.0 Å². The quantitative estimate of drug-likeness (QED) is 0.895. The number of benzene rings is 2. The van der Waals surface area contributed by atoms with Gasteiger partial charge < -0.3 is 10.5 Å². The maximum atomic E-state index is 6.37. The van der Waals surface area contributed by atoms with E-state index >= 15 is 0 Å². The molecule has 0 saturated carbocycles. The Labute approximate surface area is 134 Å². The highest BCUT2D eigenvalue weighted by atomic mass is 35.5. The van der Waals surface area contributed by atoms with Gasteiger partial charge in [-0.25, -0.2) is 0 Å². The summed E-state index contributed by atoms with van der Waals surface area (Å²) in [5.41, 5.74) is 9.99. The summed E-state index contributed by atoms with van der Waals surface area (Å²) in [5.74, 6) is 0.920. The first-order valence-corrected chi connectivity index (χ1v) is 7.80. The van der Waals surface area contributed by atoms with Crippen molar-refractivity contribution in [3.63, 3.8) is 0 Å². The molecule has 2 N–H and O–H groups in total. The Kier molecular flexibility index (Phi) is 4.12. The molecular weight excluding hydrogens is 305 g/mol. The fraction of sp³-hybridized carbons (Fsp3) is 0.294. The van der Waals surface area contributed by atoms with Crippen molar-refractivity contribution in [2.45, 2.75) is 25.9 Å². The highest BCUT2D eigenvalue weighted by Crippen LogP contribution is 2.44. The van der Waals surface area contributed by atoms with Crippen molar-refractivity contribution in [1.29, 1.82) is 0 Å². The van der Waals surface area contributed by atoms with E-state index < -0.39 is 0 Å². The molecule has 2 aromatic carbocycles. The normalized spacial score (nSPS) is 16.7. The molecule has 0 aliphatic carbocycles. The second-order valence-electron chi connectivity index (χ2n) is 5.42. The van der Waals surface area contributed by atoms with Gasteiger partial charge in [-0.2, -0.15) is 0 Å². The zero-order chi connectivity index (χ0) is 15.0. The second kappa shape index (κ2) is 5.88. The lowest BCUT2D eigenvalue weighted by molar-refractivity contribution is 0.225. The van der Waals surface area contributed by atoms with Crippen molar-refractivity contribution >= 4 is 23.2 Å². The van der Waals surface area contributed by atoms with Crippen LogP contribution in [0.1, 0.15) is 17.5 Å². The Morgan fingerprint density at radius 2 is 2.05 bits per heavy atom. The molecule has 1 heterocycles. The van der Waals surface area contributed by atoms with Crippen LogP contribution in [-0.2, 0) is 6.42 Å². The van der Waals surface area contributed by atoms with E-state index in [-0.39, 0.29) is 6.10 Å². The molecule has 1 atom stereocenters. The molecular formula is C17H17Cl2NO. The van der Waals surface area contributed by atoms with Gasteiger partial charge in [0.2, 0.25) is 0 Å². The smallest absolute Gasteiger partial charge is 0.130 e. The molecule has 0 fully saturated rings. The molecule has 2 aromatic rings. The summed E-state index contributed by atoms with van der Waals surface area (Å²) in [6, 6.07) is 9.95. The first kappa shape index (κ1) is 14.7. The Hall–Kier alpha value is -1.22. The molecule has 0 spiro atoms. The SMILES string of the molecule is Cc1cc2c(c(-c3cccc(Cl)c3Cl)c1)OC(CCN)C2. The van der Waals surface area contributed by atoms with Gasteiger partial charge in [-0.1, -0.05) is 41.4 Å². The lowest BCUT2D eigenvalue weighted by atomic mass is 9.97. The van der Waals surface area contributed by atoms with E-state index in [1.165, 1.54) is 11.1 Å². The minimum atomic E-state index is 0.156.